The summed E-state index contributed by atoms with van der Waals surface area (Å²) in [5, 5.41) is 17.2. The van der Waals surface area contributed by atoms with Crippen LogP contribution in [-0.2, 0) is 41.8 Å². The number of fused-ring (bicyclic) bond motifs is 1. The number of nitrogens with one attached hydrogen (secondary N) is 2. The summed E-state index contributed by atoms with van der Waals surface area (Å²) < 4.78 is 89.3. The van der Waals surface area contributed by atoms with Crippen molar-refractivity contribution in [3.05, 3.63) is 89.4 Å². The van der Waals surface area contributed by atoms with Gasteiger partial charge in [-0.1, -0.05) is 23.7 Å². The summed E-state index contributed by atoms with van der Waals surface area (Å²) >= 11 is 6.54. The Hall–Kier alpha value is -4.92. The van der Waals surface area contributed by atoms with E-state index < -0.39 is 30.4 Å². The second kappa shape index (κ2) is 22.1. The number of amides is 1. The van der Waals surface area contributed by atoms with E-state index >= 15 is 0 Å². The average molecular weight is 871 g/mol. The van der Waals surface area contributed by atoms with Crippen molar-refractivity contribution in [1.82, 2.24) is 14.9 Å². The summed E-state index contributed by atoms with van der Waals surface area (Å²) in [6, 6.07) is 16.9. The average Bonchev–Trinajstić information content (AvgIpc) is 3.50. The number of ether oxygens (including phenoxy) is 2. The summed E-state index contributed by atoms with van der Waals surface area (Å²) in [6.07, 6.45) is 11.0. The number of pyridine rings is 2. The number of carbonyl (C=O) groups is 1. The Morgan fingerprint density at radius 1 is 0.982 bits per heavy atom. The minimum absolute atomic E-state index is 0.246. The smallest absolute Gasteiger partial charge is 0.261 e. The molecule has 0 spiro atoms. The summed E-state index contributed by atoms with van der Waals surface area (Å²) in [5.41, 5.74) is 3.38. The maximum atomic E-state index is 12.9. The van der Waals surface area contributed by atoms with E-state index in [4.69, 9.17) is 34.7 Å². The molecule has 2 aromatic carbocycles. The van der Waals surface area contributed by atoms with Crippen LogP contribution in [0.25, 0.3) is 10.9 Å². The summed E-state index contributed by atoms with van der Waals surface area (Å²) in [4.78, 5) is 23.9. The monoisotopic (exact) mass is 870 g/mol. The lowest BCUT2D eigenvalue weighted by atomic mass is 10.1. The molecule has 1 amide bonds. The molecule has 57 heavy (non-hydrogen) atoms. The zero-order valence-corrected chi connectivity index (χ0v) is 34.7. The molecule has 22 heteroatoms. The summed E-state index contributed by atoms with van der Waals surface area (Å²) in [5.74, 6) is 0.740. The van der Waals surface area contributed by atoms with Crippen LogP contribution in [0.2, 0.25) is 5.02 Å². The molecule has 0 bridgehead atoms. The fraction of sp³-hybridized carbons (Fsp3) is 0.314. The first-order valence-electron chi connectivity index (χ1n) is 16.5. The van der Waals surface area contributed by atoms with E-state index in [9.17, 15) is 35.3 Å². The molecule has 1 fully saturated rings. The number of nitrogens with zero attached hydrogens (tertiary/aromatic N) is 4. The van der Waals surface area contributed by atoms with Crippen molar-refractivity contribution in [3.63, 3.8) is 0 Å². The van der Waals surface area contributed by atoms with Crippen molar-refractivity contribution in [2.75, 3.05) is 49.6 Å². The van der Waals surface area contributed by atoms with Crippen molar-refractivity contribution in [2.24, 2.45) is 0 Å². The topological polar surface area (TPSA) is 276 Å². The van der Waals surface area contributed by atoms with Crippen LogP contribution < -0.4 is 20.1 Å². The number of halogens is 1. The van der Waals surface area contributed by atoms with Gasteiger partial charge in [-0.05, 0) is 69.8 Å². The van der Waals surface area contributed by atoms with Crippen LogP contribution in [0.15, 0.2) is 73.1 Å². The molecular weight excluding hydrogens is 828 g/mol. The van der Waals surface area contributed by atoms with Crippen LogP contribution >= 0.6 is 11.6 Å². The molecule has 0 saturated carbocycles. The first kappa shape index (κ1) is 48.2. The Morgan fingerprint density at radius 2 is 1.63 bits per heavy atom. The van der Waals surface area contributed by atoms with Gasteiger partial charge >= 0.3 is 0 Å². The number of benzene rings is 2. The van der Waals surface area contributed by atoms with Gasteiger partial charge < -0.3 is 20.1 Å². The molecule has 2 aromatic heterocycles. The highest BCUT2D eigenvalue weighted by Crippen LogP contribution is 2.37. The number of likely N-dealkylation sites (tertiary alicyclic amines) is 1. The third kappa shape index (κ3) is 20.2. The zero-order valence-electron chi connectivity index (χ0n) is 31.4. The van der Waals surface area contributed by atoms with Gasteiger partial charge in [0.1, 0.15) is 24.2 Å². The molecule has 5 rings (SSSR count). The Morgan fingerprint density at radius 3 is 2.16 bits per heavy atom. The van der Waals surface area contributed by atoms with E-state index in [2.05, 4.69) is 38.6 Å². The number of anilines is 3. The van der Waals surface area contributed by atoms with Crippen molar-refractivity contribution in [3.8, 4) is 17.6 Å². The lowest BCUT2D eigenvalue weighted by Gasteiger charge is -2.17. The van der Waals surface area contributed by atoms with E-state index in [1.54, 1.807) is 36.5 Å². The first-order chi connectivity index (χ1) is 26.4. The van der Waals surface area contributed by atoms with Gasteiger partial charge in [0.25, 0.3) is 30.4 Å². The number of rotatable bonds is 10. The minimum atomic E-state index is -3.67. The Bertz CT molecular complexity index is 2300. The number of likely N-dealkylation sites (N-methyl/N-ethyl adjacent to an activating group) is 1. The highest BCUT2D eigenvalue weighted by molar-refractivity contribution is 7.85. The van der Waals surface area contributed by atoms with Crippen molar-refractivity contribution >= 4 is 75.8 Å². The van der Waals surface area contributed by atoms with Crippen LogP contribution in [0, 0.1) is 11.3 Å². The zero-order chi connectivity index (χ0) is 43.0. The van der Waals surface area contributed by atoms with E-state index in [1.807, 2.05) is 37.3 Å². The molecule has 18 nitrogen and oxygen atoms in total. The molecule has 0 aliphatic carbocycles. The standard InChI is InChI=1S/C32H31ClN6O3.3CH4O3S/c1-3-41-30-17-27-25(16-28(30)38-31(40)12-10-24-8-6-14-39(24)2)32(21(18-34)19-36-27)37-22-9-11-29(26(33)15-22)42-20-23-7-4-5-13-35-23;3*1-5(2,3)4/h4-5,7,9-13,15-17,19,24H,3,6,8,14,20H2,1-2H3,(H,36,37)(H,38,40);3*1H3,(H,2,3,4)/b12-10+;;;/t24-;;;/m1.../s1. The van der Waals surface area contributed by atoms with Crippen LogP contribution in [0.4, 0.5) is 17.1 Å². The van der Waals surface area contributed by atoms with E-state index in [-0.39, 0.29) is 18.6 Å². The molecule has 4 aromatic rings. The lowest BCUT2D eigenvalue weighted by Crippen LogP contribution is -2.23. The molecular formula is C35H43ClN6O12S3. The van der Waals surface area contributed by atoms with Crippen molar-refractivity contribution < 1.29 is 53.2 Å². The molecule has 310 valence electrons. The number of aromatic nitrogens is 2. The van der Waals surface area contributed by atoms with Gasteiger partial charge in [-0.2, -0.15) is 30.5 Å². The Labute approximate surface area is 336 Å². The van der Waals surface area contributed by atoms with Gasteiger partial charge in [-0.3, -0.25) is 33.3 Å². The van der Waals surface area contributed by atoms with Gasteiger partial charge in [-0.25, -0.2) is 0 Å². The highest BCUT2D eigenvalue weighted by Gasteiger charge is 2.19. The molecule has 3 heterocycles. The molecule has 1 aliphatic heterocycles. The largest absolute Gasteiger partial charge is 0.492 e. The van der Waals surface area contributed by atoms with Gasteiger partial charge in [0.15, 0.2) is 0 Å². The maximum absolute atomic E-state index is 12.9. The molecule has 5 N–H and O–H groups in total. The Kier molecular flexibility index (Phi) is 18.7. The highest BCUT2D eigenvalue weighted by atomic mass is 35.5. The van der Waals surface area contributed by atoms with Crippen LogP contribution in [-0.4, -0.2) is 105 Å². The predicted molar refractivity (Wildman–Crippen MR) is 217 cm³/mol. The van der Waals surface area contributed by atoms with Gasteiger partial charge in [0, 0.05) is 41.7 Å². The van der Waals surface area contributed by atoms with E-state index in [0.717, 1.165) is 25.1 Å². The number of nitriles is 1. The third-order valence-corrected chi connectivity index (χ3v) is 7.29. The van der Waals surface area contributed by atoms with E-state index in [1.165, 1.54) is 6.20 Å². The molecule has 1 atom stereocenters. The maximum Gasteiger partial charge on any atom is 0.261 e. The molecule has 1 aliphatic rings. The van der Waals surface area contributed by atoms with Crippen LogP contribution in [0.3, 0.4) is 0 Å². The van der Waals surface area contributed by atoms with Gasteiger partial charge in [0.2, 0.25) is 5.91 Å². The number of carbonyl (C=O) groups excluding carboxylic acids is 1. The normalized spacial score (nSPS) is 14.1. The number of hydrogen-bond acceptors (Lipinski definition) is 14. The quantitative estimate of drug-likeness (QED) is 0.104. The summed E-state index contributed by atoms with van der Waals surface area (Å²) in [6.45, 7) is 3.58. The predicted octanol–water partition coefficient (Wildman–Crippen LogP) is 4.98. The number of hydrogen-bond donors (Lipinski definition) is 5. The Balaban J connectivity index is 0.000000638. The van der Waals surface area contributed by atoms with Gasteiger partial charge in [-0.15, -0.1) is 0 Å². The first-order valence-corrected chi connectivity index (χ1v) is 22.4. The lowest BCUT2D eigenvalue weighted by molar-refractivity contribution is -0.112. The SMILES string of the molecule is CCOc1cc2ncc(C#N)c(Nc3ccc(OCc4ccccn4)c(Cl)c3)c2cc1NC(=O)/C=C/[C@H]1CCCN1C.CS(=O)(=O)O.CS(=O)(=O)O.CS(=O)(=O)O. The van der Waals surface area contributed by atoms with Crippen LogP contribution in [0.1, 0.15) is 31.0 Å². The third-order valence-electron chi connectivity index (χ3n) is 7.00. The molecule has 0 unspecified atom stereocenters. The fourth-order valence-electron chi connectivity index (χ4n) is 4.84. The fourth-order valence-corrected chi connectivity index (χ4v) is 5.07. The van der Waals surface area contributed by atoms with Crippen molar-refractivity contribution in [1.29, 1.82) is 5.26 Å². The summed E-state index contributed by atoms with van der Waals surface area (Å²) in [7, 11) is -8.94. The van der Waals surface area contributed by atoms with Gasteiger partial charge in [0.05, 0.1) is 58.5 Å². The molecule has 1 saturated heterocycles. The molecule has 0 radical (unpaired) electrons. The minimum Gasteiger partial charge on any atom is -0.492 e. The second-order valence-electron chi connectivity index (χ2n) is 12.1. The van der Waals surface area contributed by atoms with Crippen LogP contribution in [0.5, 0.6) is 11.5 Å². The second-order valence-corrected chi connectivity index (χ2v) is 16.9. The van der Waals surface area contributed by atoms with Crippen molar-refractivity contribution in [2.45, 2.75) is 32.4 Å². The van der Waals surface area contributed by atoms with E-state index in [0.29, 0.717) is 75.4 Å².